The summed E-state index contributed by atoms with van der Waals surface area (Å²) in [5.41, 5.74) is -0.528. The lowest BCUT2D eigenvalue weighted by Gasteiger charge is -2.22. The van der Waals surface area contributed by atoms with Gasteiger partial charge in [0.25, 0.3) is 15.7 Å². The zero-order valence-corrected chi connectivity index (χ0v) is 15.6. The number of aromatic nitrogens is 1. The molecular weight excluding hydrogens is 426 g/mol. The van der Waals surface area contributed by atoms with Crippen LogP contribution in [0, 0.1) is 10.1 Å². The molecule has 0 aliphatic heterocycles. The van der Waals surface area contributed by atoms with Crippen LogP contribution in [-0.2, 0) is 16.6 Å². The molecule has 2 aromatic heterocycles. The number of sulfonamides is 1. The van der Waals surface area contributed by atoms with E-state index in [2.05, 4.69) is 20.9 Å². The lowest BCUT2D eigenvalue weighted by atomic mass is 10.3. The Balaban J connectivity index is 2.15. The number of hydrogen-bond donors (Lipinski definition) is 0. The van der Waals surface area contributed by atoms with Gasteiger partial charge >= 0.3 is 0 Å². The molecule has 3 rings (SSSR count). The van der Waals surface area contributed by atoms with Crippen molar-refractivity contribution in [2.45, 2.75) is 11.4 Å². The van der Waals surface area contributed by atoms with Crippen LogP contribution in [-0.4, -0.2) is 18.3 Å². The minimum Gasteiger partial charge on any atom is -0.467 e. The molecule has 134 valence electrons. The van der Waals surface area contributed by atoms with Gasteiger partial charge in [-0.3, -0.25) is 10.1 Å². The van der Waals surface area contributed by atoms with Crippen molar-refractivity contribution < 1.29 is 17.8 Å². The molecular formula is C16H12BrN3O5S. The SMILES string of the molecule is O=[N+]([O-])c1cc(Br)ccc1S(=O)(=O)N(Cc1ccco1)c1ccccn1. The van der Waals surface area contributed by atoms with E-state index in [-0.39, 0.29) is 12.4 Å². The zero-order valence-electron chi connectivity index (χ0n) is 13.1. The van der Waals surface area contributed by atoms with Crippen LogP contribution < -0.4 is 4.31 Å². The molecule has 0 unspecified atom stereocenters. The first kappa shape index (κ1) is 18.1. The van der Waals surface area contributed by atoms with Crippen LogP contribution in [0.15, 0.2) is 74.8 Å². The molecule has 0 fully saturated rings. The molecule has 10 heteroatoms. The van der Waals surface area contributed by atoms with E-state index in [9.17, 15) is 18.5 Å². The van der Waals surface area contributed by atoms with Gasteiger partial charge in [0, 0.05) is 16.7 Å². The second-order valence-electron chi connectivity index (χ2n) is 5.15. The van der Waals surface area contributed by atoms with Gasteiger partial charge in [0.1, 0.15) is 11.6 Å². The average molecular weight is 438 g/mol. The summed E-state index contributed by atoms with van der Waals surface area (Å²) < 4.78 is 33.1. The first-order chi connectivity index (χ1) is 12.4. The normalized spacial score (nSPS) is 11.3. The Morgan fingerprint density at radius 2 is 2.00 bits per heavy atom. The van der Waals surface area contributed by atoms with Crippen molar-refractivity contribution in [1.29, 1.82) is 0 Å². The van der Waals surface area contributed by atoms with Gasteiger partial charge in [-0.25, -0.2) is 17.7 Å². The Morgan fingerprint density at radius 3 is 2.62 bits per heavy atom. The number of nitro benzene ring substituents is 1. The average Bonchev–Trinajstić information content (AvgIpc) is 3.13. The molecule has 26 heavy (non-hydrogen) atoms. The van der Waals surface area contributed by atoms with Crippen LogP contribution >= 0.6 is 15.9 Å². The number of pyridine rings is 1. The van der Waals surface area contributed by atoms with Crippen LogP contribution in [0.3, 0.4) is 0 Å². The highest BCUT2D eigenvalue weighted by Crippen LogP contribution is 2.32. The van der Waals surface area contributed by atoms with Gasteiger partial charge < -0.3 is 4.42 Å². The maximum Gasteiger partial charge on any atom is 0.291 e. The fourth-order valence-corrected chi connectivity index (χ4v) is 4.18. The number of nitrogens with zero attached hydrogens (tertiary/aromatic N) is 3. The monoisotopic (exact) mass is 437 g/mol. The van der Waals surface area contributed by atoms with Gasteiger partial charge in [0.05, 0.1) is 17.7 Å². The summed E-state index contributed by atoms with van der Waals surface area (Å²) in [5, 5.41) is 11.4. The largest absolute Gasteiger partial charge is 0.467 e. The second-order valence-corrected chi connectivity index (χ2v) is 7.89. The van der Waals surface area contributed by atoms with Crippen LogP contribution in [0.2, 0.25) is 0 Å². The summed E-state index contributed by atoms with van der Waals surface area (Å²) in [4.78, 5) is 14.3. The number of halogens is 1. The van der Waals surface area contributed by atoms with E-state index in [4.69, 9.17) is 4.42 Å². The summed E-state index contributed by atoms with van der Waals surface area (Å²) in [6.45, 7) is -0.153. The molecule has 0 saturated heterocycles. The fourth-order valence-electron chi connectivity index (χ4n) is 2.30. The quantitative estimate of drug-likeness (QED) is 0.429. The number of benzene rings is 1. The molecule has 0 N–H and O–H groups in total. The van der Waals surface area contributed by atoms with Crippen LogP contribution in [0.1, 0.15) is 5.76 Å². The summed E-state index contributed by atoms with van der Waals surface area (Å²) in [7, 11) is -4.27. The van der Waals surface area contributed by atoms with Crippen molar-refractivity contribution in [3.63, 3.8) is 0 Å². The highest BCUT2D eigenvalue weighted by atomic mass is 79.9. The summed E-state index contributed by atoms with van der Waals surface area (Å²) >= 11 is 3.12. The molecule has 0 aliphatic carbocycles. The Bertz CT molecular complexity index is 1020. The number of rotatable bonds is 6. The third-order valence-corrected chi connectivity index (χ3v) is 5.76. The maximum absolute atomic E-state index is 13.2. The van der Waals surface area contributed by atoms with Crippen LogP contribution in [0.4, 0.5) is 11.5 Å². The van der Waals surface area contributed by atoms with Crippen molar-refractivity contribution in [1.82, 2.24) is 4.98 Å². The molecule has 0 amide bonds. The number of anilines is 1. The summed E-state index contributed by atoms with van der Waals surface area (Å²) in [6.07, 6.45) is 2.86. The number of furan rings is 1. The first-order valence-electron chi connectivity index (χ1n) is 7.29. The van der Waals surface area contributed by atoms with E-state index in [0.717, 1.165) is 10.4 Å². The van der Waals surface area contributed by atoms with Crippen molar-refractivity contribution in [3.8, 4) is 0 Å². The van der Waals surface area contributed by atoms with E-state index in [1.54, 1.807) is 24.3 Å². The Morgan fingerprint density at radius 1 is 1.19 bits per heavy atom. The molecule has 0 bridgehead atoms. The van der Waals surface area contributed by atoms with E-state index in [1.165, 1.54) is 30.7 Å². The van der Waals surface area contributed by atoms with Gasteiger partial charge in [0.2, 0.25) is 0 Å². The fraction of sp³-hybridized carbons (Fsp3) is 0.0625. The summed E-state index contributed by atoms with van der Waals surface area (Å²) in [5.74, 6) is 0.500. The Kier molecular flexibility index (Phi) is 5.05. The molecule has 0 spiro atoms. The standard InChI is InChI=1S/C16H12BrN3O5S/c17-12-6-7-15(14(10-12)20(21)22)26(23,24)19(11-13-4-3-9-25-13)16-5-1-2-8-18-16/h1-10H,11H2. The molecule has 2 heterocycles. The molecule has 1 aromatic carbocycles. The van der Waals surface area contributed by atoms with Gasteiger partial charge in [0.15, 0.2) is 4.90 Å². The zero-order chi connectivity index (χ0) is 18.7. The molecule has 8 nitrogen and oxygen atoms in total. The van der Waals surface area contributed by atoms with Gasteiger partial charge in [-0.2, -0.15) is 0 Å². The maximum atomic E-state index is 13.2. The lowest BCUT2D eigenvalue weighted by Crippen LogP contribution is -2.31. The number of nitro groups is 1. The second kappa shape index (κ2) is 7.26. The molecule has 0 radical (unpaired) electrons. The third-order valence-electron chi connectivity index (χ3n) is 3.47. The Labute approximate surface area is 157 Å². The first-order valence-corrected chi connectivity index (χ1v) is 9.53. The summed E-state index contributed by atoms with van der Waals surface area (Å²) in [6, 6.07) is 11.8. The molecule has 0 aliphatic rings. The smallest absolute Gasteiger partial charge is 0.291 e. The van der Waals surface area contributed by atoms with Crippen molar-refractivity contribution in [2.24, 2.45) is 0 Å². The highest BCUT2D eigenvalue weighted by molar-refractivity contribution is 9.10. The van der Waals surface area contributed by atoms with Crippen LogP contribution in [0.25, 0.3) is 0 Å². The molecule has 0 saturated carbocycles. The van der Waals surface area contributed by atoms with Gasteiger partial charge in [-0.15, -0.1) is 0 Å². The van der Waals surface area contributed by atoms with Gasteiger partial charge in [-0.05, 0) is 36.4 Å². The topological polar surface area (TPSA) is 107 Å². The van der Waals surface area contributed by atoms with Gasteiger partial charge in [-0.1, -0.05) is 22.0 Å². The van der Waals surface area contributed by atoms with Crippen molar-refractivity contribution in [2.75, 3.05) is 4.31 Å². The van der Waals surface area contributed by atoms with Crippen molar-refractivity contribution >= 4 is 37.5 Å². The van der Waals surface area contributed by atoms with E-state index in [0.29, 0.717) is 10.2 Å². The Hall–Kier alpha value is -2.72. The molecule has 0 atom stereocenters. The van der Waals surface area contributed by atoms with E-state index >= 15 is 0 Å². The third kappa shape index (κ3) is 3.60. The van der Waals surface area contributed by atoms with Crippen molar-refractivity contribution in [3.05, 3.63) is 81.3 Å². The minimum atomic E-state index is -4.27. The predicted molar refractivity (Wildman–Crippen MR) is 97.1 cm³/mol. The molecule has 3 aromatic rings. The predicted octanol–water partition coefficient (Wildman–Crippen LogP) is 3.74. The highest BCUT2D eigenvalue weighted by Gasteiger charge is 2.33. The van der Waals surface area contributed by atoms with E-state index in [1.807, 2.05) is 0 Å². The van der Waals surface area contributed by atoms with E-state index < -0.39 is 25.5 Å². The van der Waals surface area contributed by atoms with Crippen LogP contribution in [0.5, 0.6) is 0 Å². The number of hydrogen-bond acceptors (Lipinski definition) is 6. The minimum absolute atomic E-state index is 0.126. The lowest BCUT2D eigenvalue weighted by molar-refractivity contribution is -0.387.